The minimum atomic E-state index is -0.243. The summed E-state index contributed by atoms with van der Waals surface area (Å²) in [5.74, 6) is 0.702. The molecule has 0 bridgehead atoms. The Hall–Kier alpha value is -1.33. The van der Waals surface area contributed by atoms with Crippen molar-refractivity contribution in [3.8, 4) is 0 Å². The van der Waals surface area contributed by atoms with Crippen LogP contribution in [0.25, 0.3) is 0 Å². The van der Waals surface area contributed by atoms with Gasteiger partial charge in [0.15, 0.2) is 0 Å². The molecule has 0 spiro atoms. The van der Waals surface area contributed by atoms with Gasteiger partial charge in [0, 0.05) is 19.6 Å². The summed E-state index contributed by atoms with van der Waals surface area (Å²) in [6.45, 7) is 4.92. The van der Waals surface area contributed by atoms with Crippen molar-refractivity contribution in [2.75, 3.05) is 33.0 Å². The number of aromatic nitrogens is 1. The summed E-state index contributed by atoms with van der Waals surface area (Å²) < 4.78 is 0. The standard InChI is InChI=1S/C14H23ClN4O/c1-9(2)11(8-19(4)5)17-14(20)13-10(15)6-7-12(16-3)18-13/h6-7,9,11H,8H2,1-5H3,(H,16,18)(H,17,20). The molecule has 0 fully saturated rings. The van der Waals surface area contributed by atoms with Crippen LogP contribution in [0.3, 0.4) is 0 Å². The molecule has 1 aromatic rings. The van der Waals surface area contributed by atoms with E-state index < -0.39 is 0 Å². The van der Waals surface area contributed by atoms with E-state index in [1.54, 1.807) is 19.2 Å². The highest BCUT2D eigenvalue weighted by molar-refractivity contribution is 6.33. The quantitative estimate of drug-likeness (QED) is 0.844. The first-order valence-electron chi connectivity index (χ1n) is 6.65. The van der Waals surface area contributed by atoms with Crippen LogP contribution in [0.15, 0.2) is 12.1 Å². The molecule has 1 atom stereocenters. The number of carbonyl (C=O) groups is 1. The number of halogens is 1. The number of amides is 1. The average molecular weight is 299 g/mol. The van der Waals surface area contributed by atoms with E-state index in [1.807, 2.05) is 19.0 Å². The lowest BCUT2D eigenvalue weighted by atomic mass is 10.0. The van der Waals surface area contributed by atoms with E-state index >= 15 is 0 Å². The lowest BCUT2D eigenvalue weighted by molar-refractivity contribution is 0.0912. The molecule has 0 aliphatic rings. The molecule has 0 aromatic carbocycles. The lowest BCUT2D eigenvalue weighted by Gasteiger charge is -2.25. The topological polar surface area (TPSA) is 57.3 Å². The minimum absolute atomic E-state index is 0.0496. The maximum atomic E-state index is 12.3. The fourth-order valence-corrected chi connectivity index (χ4v) is 1.98. The number of pyridine rings is 1. The van der Waals surface area contributed by atoms with E-state index in [0.29, 0.717) is 16.8 Å². The third kappa shape index (κ3) is 4.65. The van der Waals surface area contributed by atoms with Crippen LogP contribution in [-0.4, -0.2) is 49.5 Å². The normalized spacial score (nSPS) is 12.6. The second-order valence-electron chi connectivity index (χ2n) is 5.36. The molecule has 1 heterocycles. The van der Waals surface area contributed by atoms with E-state index in [2.05, 4.69) is 29.5 Å². The number of nitrogens with one attached hydrogen (secondary N) is 2. The van der Waals surface area contributed by atoms with Crippen LogP contribution in [0, 0.1) is 5.92 Å². The highest BCUT2D eigenvalue weighted by atomic mass is 35.5. The Kier molecular flexibility index (Phi) is 6.23. The third-order valence-electron chi connectivity index (χ3n) is 3.00. The Labute approximate surface area is 125 Å². The zero-order valence-corrected chi connectivity index (χ0v) is 13.5. The Bertz CT molecular complexity index is 462. The number of likely N-dealkylation sites (N-methyl/N-ethyl adjacent to an activating group) is 1. The van der Waals surface area contributed by atoms with Crippen LogP contribution in [-0.2, 0) is 0 Å². The predicted octanol–water partition coefficient (Wildman–Crippen LogP) is 2.09. The third-order valence-corrected chi connectivity index (χ3v) is 3.31. The van der Waals surface area contributed by atoms with E-state index in [9.17, 15) is 4.79 Å². The van der Waals surface area contributed by atoms with Crippen LogP contribution in [0.2, 0.25) is 5.02 Å². The van der Waals surface area contributed by atoms with E-state index in [4.69, 9.17) is 11.6 Å². The van der Waals surface area contributed by atoms with E-state index in [-0.39, 0.29) is 17.6 Å². The summed E-state index contributed by atoms with van der Waals surface area (Å²) in [4.78, 5) is 18.6. The highest BCUT2D eigenvalue weighted by Crippen LogP contribution is 2.17. The number of anilines is 1. The van der Waals surface area contributed by atoms with E-state index in [1.165, 1.54) is 0 Å². The summed E-state index contributed by atoms with van der Waals surface area (Å²) in [7, 11) is 5.71. The molecule has 112 valence electrons. The first-order chi connectivity index (χ1) is 9.35. The highest BCUT2D eigenvalue weighted by Gasteiger charge is 2.20. The van der Waals surface area contributed by atoms with Gasteiger partial charge in [-0.25, -0.2) is 4.98 Å². The summed E-state index contributed by atoms with van der Waals surface area (Å²) in [5, 5.41) is 6.26. The molecule has 1 aromatic heterocycles. The molecule has 1 rings (SSSR count). The van der Waals surface area contributed by atoms with Gasteiger partial charge in [-0.3, -0.25) is 4.79 Å². The Morgan fingerprint density at radius 3 is 2.55 bits per heavy atom. The monoisotopic (exact) mass is 298 g/mol. The summed E-state index contributed by atoms with van der Waals surface area (Å²) in [6, 6.07) is 3.46. The van der Waals surface area contributed by atoms with Crippen LogP contribution >= 0.6 is 11.6 Å². The molecule has 0 aliphatic heterocycles. The van der Waals surface area contributed by atoms with Crippen molar-refractivity contribution in [3.63, 3.8) is 0 Å². The zero-order valence-electron chi connectivity index (χ0n) is 12.7. The smallest absolute Gasteiger partial charge is 0.271 e. The second-order valence-corrected chi connectivity index (χ2v) is 5.77. The number of carbonyl (C=O) groups excluding carboxylic acids is 1. The van der Waals surface area contributed by atoms with Crippen molar-refractivity contribution in [2.45, 2.75) is 19.9 Å². The Morgan fingerprint density at radius 1 is 1.40 bits per heavy atom. The molecule has 2 N–H and O–H groups in total. The first kappa shape index (κ1) is 16.7. The fourth-order valence-electron chi connectivity index (χ4n) is 1.79. The van der Waals surface area contributed by atoms with Gasteiger partial charge in [0.05, 0.1) is 5.02 Å². The van der Waals surface area contributed by atoms with Crippen LogP contribution in [0.1, 0.15) is 24.3 Å². The fraction of sp³-hybridized carbons (Fsp3) is 0.571. The van der Waals surface area contributed by atoms with E-state index in [0.717, 1.165) is 6.54 Å². The molecule has 0 saturated heterocycles. The van der Waals surface area contributed by atoms with Crippen LogP contribution in [0.4, 0.5) is 5.82 Å². The summed E-state index contributed by atoms with van der Waals surface area (Å²) in [6.07, 6.45) is 0. The number of rotatable bonds is 6. The van der Waals surface area contributed by atoms with Gasteiger partial charge >= 0.3 is 0 Å². The summed E-state index contributed by atoms with van der Waals surface area (Å²) in [5.41, 5.74) is 0.253. The molecule has 0 saturated carbocycles. The van der Waals surface area contributed by atoms with Crippen molar-refractivity contribution in [2.24, 2.45) is 5.92 Å². The minimum Gasteiger partial charge on any atom is -0.373 e. The maximum absolute atomic E-state index is 12.3. The van der Waals surface area contributed by atoms with Crippen molar-refractivity contribution in [1.29, 1.82) is 0 Å². The van der Waals surface area contributed by atoms with Gasteiger partial charge < -0.3 is 15.5 Å². The molecule has 1 amide bonds. The van der Waals surface area contributed by atoms with Gasteiger partial charge in [0.2, 0.25) is 0 Å². The van der Waals surface area contributed by atoms with Crippen molar-refractivity contribution >= 4 is 23.3 Å². The van der Waals surface area contributed by atoms with Crippen molar-refractivity contribution in [1.82, 2.24) is 15.2 Å². The average Bonchev–Trinajstić information content (AvgIpc) is 2.37. The molecule has 5 nitrogen and oxygen atoms in total. The van der Waals surface area contributed by atoms with Crippen LogP contribution in [0.5, 0.6) is 0 Å². The van der Waals surface area contributed by atoms with Crippen molar-refractivity contribution in [3.05, 3.63) is 22.8 Å². The van der Waals surface area contributed by atoms with Crippen LogP contribution < -0.4 is 10.6 Å². The van der Waals surface area contributed by atoms with Gasteiger partial charge in [0.25, 0.3) is 5.91 Å². The largest absolute Gasteiger partial charge is 0.373 e. The Morgan fingerprint density at radius 2 is 2.05 bits per heavy atom. The molecular formula is C14H23ClN4O. The van der Waals surface area contributed by atoms with Gasteiger partial charge in [-0.2, -0.15) is 0 Å². The number of nitrogens with zero attached hydrogens (tertiary/aromatic N) is 2. The first-order valence-corrected chi connectivity index (χ1v) is 7.02. The Balaban J connectivity index is 2.88. The van der Waals surface area contributed by atoms with Gasteiger partial charge in [-0.15, -0.1) is 0 Å². The zero-order chi connectivity index (χ0) is 15.3. The molecule has 0 aliphatic carbocycles. The molecule has 0 radical (unpaired) electrons. The van der Waals surface area contributed by atoms with Gasteiger partial charge in [0.1, 0.15) is 11.5 Å². The molecule has 6 heteroatoms. The molecule has 20 heavy (non-hydrogen) atoms. The predicted molar refractivity (Wildman–Crippen MR) is 83.4 cm³/mol. The molecular weight excluding hydrogens is 276 g/mol. The SMILES string of the molecule is CNc1ccc(Cl)c(C(=O)NC(CN(C)C)C(C)C)n1. The summed E-state index contributed by atoms with van der Waals surface area (Å²) >= 11 is 6.06. The second kappa shape index (κ2) is 7.45. The van der Waals surface area contributed by atoms with Gasteiger partial charge in [-0.05, 0) is 32.1 Å². The van der Waals surface area contributed by atoms with Gasteiger partial charge in [-0.1, -0.05) is 25.4 Å². The number of hydrogen-bond acceptors (Lipinski definition) is 4. The lowest BCUT2D eigenvalue weighted by Crippen LogP contribution is -2.45. The maximum Gasteiger partial charge on any atom is 0.271 e. The number of hydrogen-bond donors (Lipinski definition) is 2. The van der Waals surface area contributed by atoms with Crippen molar-refractivity contribution < 1.29 is 4.79 Å². The molecule has 1 unspecified atom stereocenters.